The number of rotatable bonds is 3. The van der Waals surface area contributed by atoms with Crippen molar-refractivity contribution in [3.8, 4) is 0 Å². The van der Waals surface area contributed by atoms with Crippen molar-refractivity contribution < 1.29 is 9.53 Å². The molecule has 0 radical (unpaired) electrons. The summed E-state index contributed by atoms with van der Waals surface area (Å²) in [7, 11) is 1.35. The van der Waals surface area contributed by atoms with Crippen molar-refractivity contribution in [3.05, 3.63) is 30.5 Å². The number of aromatic nitrogens is 1. The van der Waals surface area contributed by atoms with E-state index in [4.69, 9.17) is 5.73 Å². The number of methoxy groups -OCH3 is 1. The number of esters is 1. The highest BCUT2D eigenvalue weighted by Gasteiger charge is 2.15. The minimum absolute atomic E-state index is 0.344. The van der Waals surface area contributed by atoms with Gasteiger partial charge in [-0.05, 0) is 24.4 Å². The number of nitrogens with two attached hydrogens (primary N) is 1. The molecule has 1 aromatic heterocycles. The Hall–Kier alpha value is -2.30. The molecular formula is C13H15N3O2. The van der Waals surface area contributed by atoms with Crippen LogP contribution in [0.5, 0.6) is 0 Å². The summed E-state index contributed by atoms with van der Waals surface area (Å²) in [5.74, 6) is 0.242. The zero-order chi connectivity index (χ0) is 13.1. The van der Waals surface area contributed by atoms with Crippen LogP contribution < -0.4 is 11.1 Å². The first-order valence-corrected chi connectivity index (χ1v) is 5.61. The molecule has 94 valence electrons. The number of hydrogen-bond acceptors (Lipinski definition) is 5. The summed E-state index contributed by atoms with van der Waals surface area (Å²) in [5.41, 5.74) is 6.57. The molecule has 0 saturated heterocycles. The van der Waals surface area contributed by atoms with Crippen LogP contribution in [-0.2, 0) is 9.53 Å². The van der Waals surface area contributed by atoms with Crippen molar-refractivity contribution in [1.82, 2.24) is 4.98 Å². The van der Waals surface area contributed by atoms with Crippen LogP contribution in [0.25, 0.3) is 10.8 Å². The van der Waals surface area contributed by atoms with E-state index in [9.17, 15) is 4.79 Å². The maximum Gasteiger partial charge on any atom is 0.328 e. The summed E-state index contributed by atoms with van der Waals surface area (Å²) in [4.78, 5) is 15.6. The Balaban J connectivity index is 2.42. The minimum atomic E-state index is -0.479. The number of anilines is 2. The predicted molar refractivity (Wildman–Crippen MR) is 71.3 cm³/mol. The summed E-state index contributed by atoms with van der Waals surface area (Å²) in [6.45, 7) is 1.71. The third-order valence-electron chi connectivity index (χ3n) is 2.73. The van der Waals surface area contributed by atoms with Gasteiger partial charge in [0.15, 0.2) is 0 Å². The number of carbonyl (C=O) groups is 1. The molecule has 0 aliphatic heterocycles. The molecule has 2 aromatic rings. The minimum Gasteiger partial charge on any atom is -0.467 e. The van der Waals surface area contributed by atoms with Crippen molar-refractivity contribution >= 4 is 28.2 Å². The van der Waals surface area contributed by atoms with Gasteiger partial charge in [-0.1, -0.05) is 12.1 Å². The molecule has 3 N–H and O–H groups in total. The standard InChI is InChI=1S/C13H15N3O2/c1-8(13(17)18-2)16-12-11-9(6-7-15-12)4-3-5-10(11)14/h3-8H,14H2,1-2H3,(H,15,16). The van der Waals surface area contributed by atoms with E-state index < -0.39 is 6.04 Å². The van der Waals surface area contributed by atoms with Crippen molar-refractivity contribution in [2.75, 3.05) is 18.2 Å². The average molecular weight is 245 g/mol. The number of ether oxygens (including phenoxy) is 1. The van der Waals surface area contributed by atoms with Gasteiger partial charge >= 0.3 is 5.97 Å². The number of hydrogen-bond donors (Lipinski definition) is 2. The molecule has 1 aromatic carbocycles. The third kappa shape index (κ3) is 2.20. The fraction of sp³-hybridized carbons (Fsp3) is 0.231. The topological polar surface area (TPSA) is 77.2 Å². The Bertz CT molecular complexity index is 578. The van der Waals surface area contributed by atoms with Gasteiger partial charge in [0.2, 0.25) is 0 Å². The van der Waals surface area contributed by atoms with Gasteiger partial charge < -0.3 is 15.8 Å². The van der Waals surface area contributed by atoms with Gasteiger partial charge in [-0.25, -0.2) is 9.78 Å². The van der Waals surface area contributed by atoms with Crippen LogP contribution in [0.4, 0.5) is 11.5 Å². The first-order valence-electron chi connectivity index (χ1n) is 5.61. The summed E-state index contributed by atoms with van der Waals surface area (Å²) in [6, 6.07) is 7.03. The smallest absolute Gasteiger partial charge is 0.328 e. The van der Waals surface area contributed by atoms with Gasteiger partial charge in [0.05, 0.1) is 7.11 Å². The summed E-state index contributed by atoms with van der Waals surface area (Å²) >= 11 is 0. The van der Waals surface area contributed by atoms with Gasteiger partial charge in [-0.15, -0.1) is 0 Å². The van der Waals surface area contributed by atoms with Crippen molar-refractivity contribution in [3.63, 3.8) is 0 Å². The van der Waals surface area contributed by atoms with Gasteiger partial charge in [-0.3, -0.25) is 0 Å². The van der Waals surface area contributed by atoms with E-state index in [0.717, 1.165) is 10.8 Å². The summed E-state index contributed by atoms with van der Waals surface area (Å²) < 4.78 is 4.67. The van der Waals surface area contributed by atoms with Gasteiger partial charge in [0.25, 0.3) is 0 Å². The first kappa shape index (κ1) is 12.2. The van der Waals surface area contributed by atoms with Crippen molar-refractivity contribution in [1.29, 1.82) is 0 Å². The van der Waals surface area contributed by atoms with E-state index in [-0.39, 0.29) is 5.97 Å². The highest BCUT2D eigenvalue weighted by Crippen LogP contribution is 2.27. The Morgan fingerprint density at radius 1 is 1.44 bits per heavy atom. The second-order valence-corrected chi connectivity index (χ2v) is 3.99. The molecule has 2 rings (SSSR count). The summed E-state index contributed by atoms with van der Waals surface area (Å²) in [6.07, 6.45) is 1.67. The van der Waals surface area contributed by atoms with E-state index in [0.29, 0.717) is 11.5 Å². The monoisotopic (exact) mass is 245 g/mol. The van der Waals surface area contributed by atoms with E-state index >= 15 is 0 Å². The molecule has 1 heterocycles. The van der Waals surface area contributed by atoms with E-state index in [1.54, 1.807) is 19.2 Å². The maximum absolute atomic E-state index is 11.4. The number of nitrogens with one attached hydrogen (secondary N) is 1. The fourth-order valence-electron chi connectivity index (χ4n) is 1.81. The molecule has 0 bridgehead atoms. The quantitative estimate of drug-likeness (QED) is 0.636. The Morgan fingerprint density at radius 2 is 2.22 bits per heavy atom. The fourth-order valence-corrected chi connectivity index (χ4v) is 1.81. The molecule has 0 spiro atoms. The normalized spacial score (nSPS) is 12.1. The van der Waals surface area contributed by atoms with Gasteiger partial charge in [0.1, 0.15) is 11.9 Å². The largest absolute Gasteiger partial charge is 0.467 e. The lowest BCUT2D eigenvalue weighted by atomic mass is 10.1. The zero-order valence-electron chi connectivity index (χ0n) is 10.3. The van der Waals surface area contributed by atoms with Crippen LogP contribution in [-0.4, -0.2) is 24.1 Å². The van der Waals surface area contributed by atoms with Crippen LogP contribution in [0.15, 0.2) is 30.5 Å². The average Bonchev–Trinajstić information content (AvgIpc) is 2.38. The maximum atomic E-state index is 11.4. The predicted octanol–water partition coefficient (Wildman–Crippen LogP) is 1.79. The summed E-state index contributed by atoms with van der Waals surface area (Å²) in [5, 5.41) is 4.80. The number of nitrogens with zero attached hydrogens (tertiary/aromatic N) is 1. The van der Waals surface area contributed by atoms with Crippen LogP contribution in [0, 0.1) is 0 Å². The number of pyridine rings is 1. The van der Waals surface area contributed by atoms with Crippen molar-refractivity contribution in [2.45, 2.75) is 13.0 Å². The lowest BCUT2D eigenvalue weighted by molar-refractivity contribution is -0.141. The SMILES string of the molecule is COC(=O)C(C)Nc1nccc2cccc(N)c12. The molecule has 0 aliphatic rings. The Kier molecular flexibility index (Phi) is 3.32. The zero-order valence-corrected chi connectivity index (χ0v) is 10.3. The molecule has 0 aliphatic carbocycles. The molecule has 1 unspecified atom stereocenters. The molecular weight excluding hydrogens is 230 g/mol. The van der Waals surface area contributed by atoms with E-state index in [1.807, 2.05) is 18.2 Å². The molecule has 18 heavy (non-hydrogen) atoms. The van der Waals surface area contributed by atoms with Crippen molar-refractivity contribution in [2.24, 2.45) is 0 Å². The highest BCUT2D eigenvalue weighted by molar-refractivity contribution is 6.01. The number of nitrogen functional groups attached to an aromatic ring is 1. The molecule has 0 amide bonds. The van der Waals surface area contributed by atoms with Crippen LogP contribution in [0.2, 0.25) is 0 Å². The molecule has 1 atom stereocenters. The molecule has 5 heteroatoms. The number of benzene rings is 1. The number of carbonyl (C=O) groups excluding carboxylic acids is 1. The van der Waals surface area contributed by atoms with E-state index in [2.05, 4.69) is 15.0 Å². The van der Waals surface area contributed by atoms with Crippen LogP contribution in [0.1, 0.15) is 6.92 Å². The first-order chi connectivity index (χ1) is 8.63. The van der Waals surface area contributed by atoms with E-state index in [1.165, 1.54) is 7.11 Å². The van der Waals surface area contributed by atoms with Gasteiger partial charge in [-0.2, -0.15) is 0 Å². The molecule has 5 nitrogen and oxygen atoms in total. The second kappa shape index (κ2) is 4.91. The number of fused-ring (bicyclic) bond motifs is 1. The Labute approximate surface area is 105 Å². The van der Waals surface area contributed by atoms with Crippen LogP contribution in [0.3, 0.4) is 0 Å². The third-order valence-corrected chi connectivity index (χ3v) is 2.73. The van der Waals surface area contributed by atoms with Gasteiger partial charge in [0, 0.05) is 17.3 Å². The molecule has 0 saturated carbocycles. The molecule has 0 fully saturated rings. The van der Waals surface area contributed by atoms with Crippen LogP contribution >= 0.6 is 0 Å². The highest BCUT2D eigenvalue weighted by atomic mass is 16.5. The Morgan fingerprint density at radius 3 is 2.94 bits per heavy atom. The second-order valence-electron chi connectivity index (χ2n) is 3.99. The lowest BCUT2D eigenvalue weighted by Crippen LogP contribution is -2.27. The lowest BCUT2D eigenvalue weighted by Gasteiger charge is -2.14.